The molecule has 3 atom stereocenters. The largest absolute Gasteiger partial charge is 0.493 e. The molecule has 0 saturated carbocycles. The molecule has 1 aliphatic rings. The Balaban J connectivity index is 2.00. The lowest BCUT2D eigenvalue weighted by Gasteiger charge is -2.13. The van der Waals surface area contributed by atoms with Gasteiger partial charge in [0.15, 0.2) is 0 Å². The highest BCUT2D eigenvalue weighted by molar-refractivity contribution is 7.85. The van der Waals surface area contributed by atoms with Gasteiger partial charge in [-0.05, 0) is 19.0 Å². The van der Waals surface area contributed by atoms with Crippen molar-refractivity contribution in [2.75, 3.05) is 18.9 Å². The lowest BCUT2D eigenvalue weighted by molar-refractivity contribution is 0.338. The number of hydrogen-bond acceptors (Lipinski definition) is 3. The molecule has 3 unspecified atom stereocenters. The van der Waals surface area contributed by atoms with Crippen molar-refractivity contribution in [3.63, 3.8) is 0 Å². The third-order valence-electron chi connectivity index (χ3n) is 3.19. The van der Waals surface area contributed by atoms with Crippen LogP contribution in [0, 0.1) is 0 Å². The number of fused-ring (bicyclic) bond motifs is 1. The van der Waals surface area contributed by atoms with Crippen LogP contribution < -0.4 is 10.5 Å². The minimum Gasteiger partial charge on any atom is -0.493 e. The lowest BCUT2D eigenvalue weighted by atomic mass is 10.0. The van der Waals surface area contributed by atoms with Crippen LogP contribution in [0.15, 0.2) is 24.3 Å². The Morgan fingerprint density at radius 3 is 3.06 bits per heavy atom. The standard InChI is InChI=1S/C13H19NO2S/c1-10(6-7-14)17(15)9-11-8-16-13-5-3-2-4-12(11)13/h2-5,10-11H,6-9,14H2,1H3. The quantitative estimate of drug-likeness (QED) is 0.868. The zero-order chi connectivity index (χ0) is 12.3. The Morgan fingerprint density at radius 2 is 2.29 bits per heavy atom. The number of rotatable bonds is 5. The fraction of sp³-hybridized carbons (Fsp3) is 0.538. The Kier molecular flexibility index (Phi) is 4.18. The van der Waals surface area contributed by atoms with Gasteiger partial charge >= 0.3 is 0 Å². The predicted molar refractivity (Wildman–Crippen MR) is 70.8 cm³/mol. The molecule has 0 spiro atoms. The fourth-order valence-corrected chi connectivity index (χ4v) is 3.50. The summed E-state index contributed by atoms with van der Waals surface area (Å²) in [4.78, 5) is 0. The van der Waals surface area contributed by atoms with Crippen LogP contribution in [0.4, 0.5) is 0 Å². The first kappa shape index (κ1) is 12.6. The summed E-state index contributed by atoms with van der Waals surface area (Å²) in [6, 6.07) is 8.02. The Labute approximate surface area is 105 Å². The molecule has 1 aliphatic heterocycles. The molecular weight excluding hydrogens is 234 g/mol. The number of nitrogens with two attached hydrogens (primary N) is 1. The highest BCUT2D eigenvalue weighted by Crippen LogP contribution is 2.34. The van der Waals surface area contributed by atoms with Crippen LogP contribution in [0.3, 0.4) is 0 Å². The van der Waals surface area contributed by atoms with Crippen molar-refractivity contribution in [1.29, 1.82) is 0 Å². The minimum atomic E-state index is -0.822. The third kappa shape index (κ3) is 2.87. The van der Waals surface area contributed by atoms with Gasteiger partial charge in [-0.25, -0.2) is 0 Å². The van der Waals surface area contributed by atoms with Crippen molar-refractivity contribution in [1.82, 2.24) is 0 Å². The Morgan fingerprint density at radius 1 is 1.53 bits per heavy atom. The molecule has 2 rings (SSSR count). The van der Waals surface area contributed by atoms with Crippen LogP contribution >= 0.6 is 0 Å². The van der Waals surface area contributed by atoms with E-state index in [1.54, 1.807) is 0 Å². The van der Waals surface area contributed by atoms with Crippen LogP contribution in [0.2, 0.25) is 0 Å². The van der Waals surface area contributed by atoms with Crippen molar-refractivity contribution in [2.45, 2.75) is 24.5 Å². The topological polar surface area (TPSA) is 52.3 Å². The highest BCUT2D eigenvalue weighted by atomic mass is 32.2. The van der Waals surface area contributed by atoms with E-state index in [0.717, 1.165) is 12.2 Å². The molecule has 94 valence electrons. The van der Waals surface area contributed by atoms with E-state index in [0.29, 0.717) is 18.9 Å². The minimum absolute atomic E-state index is 0.174. The van der Waals surface area contributed by atoms with Crippen LogP contribution in [-0.4, -0.2) is 28.4 Å². The van der Waals surface area contributed by atoms with Gasteiger partial charge < -0.3 is 10.5 Å². The maximum absolute atomic E-state index is 12.1. The van der Waals surface area contributed by atoms with E-state index in [-0.39, 0.29) is 11.2 Å². The van der Waals surface area contributed by atoms with E-state index in [1.165, 1.54) is 5.56 Å². The lowest BCUT2D eigenvalue weighted by Crippen LogP contribution is -2.22. The van der Waals surface area contributed by atoms with Crippen LogP contribution in [0.5, 0.6) is 5.75 Å². The molecule has 0 bridgehead atoms. The van der Waals surface area contributed by atoms with Gasteiger partial charge in [0.1, 0.15) is 5.75 Å². The van der Waals surface area contributed by atoms with Gasteiger partial charge in [-0.1, -0.05) is 25.1 Å². The molecular formula is C13H19NO2S. The molecule has 1 aromatic rings. The van der Waals surface area contributed by atoms with Gasteiger partial charge in [0.2, 0.25) is 0 Å². The summed E-state index contributed by atoms with van der Waals surface area (Å²) in [5.41, 5.74) is 6.69. The van der Waals surface area contributed by atoms with E-state index < -0.39 is 10.8 Å². The summed E-state index contributed by atoms with van der Waals surface area (Å²) in [6.07, 6.45) is 0.821. The zero-order valence-electron chi connectivity index (χ0n) is 10.1. The van der Waals surface area contributed by atoms with Crippen LogP contribution in [0.1, 0.15) is 24.8 Å². The van der Waals surface area contributed by atoms with E-state index >= 15 is 0 Å². The van der Waals surface area contributed by atoms with E-state index in [1.807, 2.05) is 25.1 Å². The molecule has 4 heteroatoms. The molecule has 0 aliphatic carbocycles. The molecule has 1 heterocycles. The normalized spacial score (nSPS) is 21.6. The third-order valence-corrected chi connectivity index (χ3v) is 5.05. The molecule has 0 radical (unpaired) electrons. The monoisotopic (exact) mass is 253 g/mol. The first-order chi connectivity index (χ1) is 8.22. The molecule has 2 N–H and O–H groups in total. The van der Waals surface area contributed by atoms with Gasteiger partial charge in [0.05, 0.1) is 6.61 Å². The number of benzene rings is 1. The van der Waals surface area contributed by atoms with Crippen molar-refractivity contribution < 1.29 is 8.95 Å². The van der Waals surface area contributed by atoms with Gasteiger partial charge in [0, 0.05) is 33.3 Å². The second-order valence-electron chi connectivity index (χ2n) is 4.48. The van der Waals surface area contributed by atoms with Crippen LogP contribution in [0.25, 0.3) is 0 Å². The Bertz CT molecular complexity index is 408. The van der Waals surface area contributed by atoms with Crippen LogP contribution in [-0.2, 0) is 10.8 Å². The van der Waals surface area contributed by atoms with Crippen molar-refractivity contribution in [2.24, 2.45) is 5.73 Å². The molecule has 0 amide bonds. The SMILES string of the molecule is CC(CCN)S(=O)CC1COc2ccccc21. The summed E-state index contributed by atoms with van der Waals surface area (Å²) in [6.45, 7) is 3.26. The van der Waals surface area contributed by atoms with Crippen molar-refractivity contribution in [3.05, 3.63) is 29.8 Å². The smallest absolute Gasteiger partial charge is 0.122 e. The average molecular weight is 253 g/mol. The predicted octanol–water partition coefficient (Wildman–Crippen LogP) is 1.65. The molecule has 0 aromatic heterocycles. The Hall–Kier alpha value is -0.870. The summed E-state index contributed by atoms with van der Waals surface area (Å²) in [5.74, 6) is 1.89. The molecule has 1 aromatic carbocycles. The summed E-state index contributed by atoms with van der Waals surface area (Å²) in [5, 5.41) is 0.174. The maximum Gasteiger partial charge on any atom is 0.122 e. The summed E-state index contributed by atoms with van der Waals surface area (Å²) in [7, 11) is -0.822. The van der Waals surface area contributed by atoms with Crippen molar-refractivity contribution in [3.8, 4) is 5.75 Å². The average Bonchev–Trinajstić information content (AvgIpc) is 2.73. The van der Waals surface area contributed by atoms with Gasteiger partial charge in [-0.3, -0.25) is 4.21 Å². The van der Waals surface area contributed by atoms with Gasteiger partial charge in [-0.15, -0.1) is 0 Å². The number of ether oxygens (including phenoxy) is 1. The van der Waals surface area contributed by atoms with E-state index in [2.05, 4.69) is 6.07 Å². The molecule has 0 saturated heterocycles. The molecule has 3 nitrogen and oxygen atoms in total. The maximum atomic E-state index is 12.1. The first-order valence-electron chi connectivity index (χ1n) is 6.01. The summed E-state index contributed by atoms with van der Waals surface area (Å²) >= 11 is 0. The first-order valence-corrected chi connectivity index (χ1v) is 7.39. The zero-order valence-corrected chi connectivity index (χ0v) is 10.9. The van der Waals surface area contributed by atoms with E-state index in [9.17, 15) is 4.21 Å². The molecule has 17 heavy (non-hydrogen) atoms. The van der Waals surface area contributed by atoms with Gasteiger partial charge in [0.25, 0.3) is 0 Å². The number of hydrogen-bond donors (Lipinski definition) is 1. The van der Waals surface area contributed by atoms with Crippen molar-refractivity contribution >= 4 is 10.8 Å². The van der Waals surface area contributed by atoms with E-state index in [4.69, 9.17) is 10.5 Å². The second-order valence-corrected chi connectivity index (χ2v) is 6.38. The van der Waals surface area contributed by atoms with Gasteiger partial charge in [-0.2, -0.15) is 0 Å². The second kappa shape index (κ2) is 5.65. The highest BCUT2D eigenvalue weighted by Gasteiger charge is 2.26. The molecule has 0 fully saturated rings. The number of para-hydroxylation sites is 1. The fourth-order valence-electron chi connectivity index (χ4n) is 2.10. The summed E-state index contributed by atoms with van der Waals surface area (Å²) < 4.78 is 17.7.